The Morgan fingerprint density at radius 2 is 0.900 bits per heavy atom. The molecule has 6 nitrogen and oxygen atoms in total. The van der Waals surface area contributed by atoms with E-state index in [1.54, 1.807) is 0 Å². The molecule has 1 aliphatic carbocycles. The summed E-state index contributed by atoms with van der Waals surface area (Å²) < 4.78 is 0. The van der Waals surface area contributed by atoms with Gasteiger partial charge in [-0.25, -0.2) is 0 Å². The molecule has 0 heterocycles. The number of nitrogens with one attached hydrogen (secondary N) is 2. The standard InChI is InChI=1S/C24H34N6/c1-29(2)23-15-11-21(12-16-23)27-25-19-7-5-9-20(10-6-8-19)26-28-22-13-17-24(18-14-22)30(3)4/h11-18,27-28H,5-10H2,1-4H3. The van der Waals surface area contributed by atoms with Gasteiger partial charge in [-0.2, -0.15) is 10.2 Å². The maximum atomic E-state index is 4.66. The molecule has 1 aliphatic rings. The summed E-state index contributed by atoms with van der Waals surface area (Å²) >= 11 is 0. The largest absolute Gasteiger partial charge is 0.378 e. The molecular weight excluding hydrogens is 372 g/mol. The Hall–Kier alpha value is -3.02. The molecular formula is C24H34N6. The maximum Gasteiger partial charge on any atom is 0.0563 e. The molecule has 0 bridgehead atoms. The summed E-state index contributed by atoms with van der Waals surface area (Å²) in [6, 6.07) is 16.7. The predicted octanol–water partition coefficient (Wildman–Crippen LogP) is 5.41. The Morgan fingerprint density at radius 1 is 0.567 bits per heavy atom. The van der Waals surface area contributed by atoms with Crippen LogP contribution in [0.25, 0.3) is 0 Å². The lowest BCUT2D eigenvalue weighted by molar-refractivity contribution is 0.798. The highest BCUT2D eigenvalue weighted by Crippen LogP contribution is 2.19. The summed E-state index contributed by atoms with van der Waals surface area (Å²) in [7, 11) is 8.19. The highest BCUT2D eigenvalue weighted by molar-refractivity contribution is 5.90. The summed E-state index contributed by atoms with van der Waals surface area (Å²) in [5.74, 6) is 0. The number of benzene rings is 2. The van der Waals surface area contributed by atoms with Crippen molar-refractivity contribution in [1.29, 1.82) is 0 Å². The van der Waals surface area contributed by atoms with Crippen LogP contribution in [0.15, 0.2) is 58.7 Å². The van der Waals surface area contributed by atoms with Crippen LogP contribution in [-0.4, -0.2) is 39.6 Å². The molecule has 0 aliphatic heterocycles. The van der Waals surface area contributed by atoms with E-state index in [-0.39, 0.29) is 0 Å². The number of hydrogen-bond donors (Lipinski definition) is 2. The van der Waals surface area contributed by atoms with Crippen LogP contribution in [0, 0.1) is 0 Å². The van der Waals surface area contributed by atoms with Crippen molar-refractivity contribution in [3.63, 3.8) is 0 Å². The Kier molecular flexibility index (Phi) is 7.71. The van der Waals surface area contributed by atoms with Gasteiger partial charge in [-0.3, -0.25) is 10.9 Å². The zero-order valence-corrected chi connectivity index (χ0v) is 18.7. The monoisotopic (exact) mass is 406 g/mol. The molecule has 1 fully saturated rings. The topological polar surface area (TPSA) is 55.3 Å². The van der Waals surface area contributed by atoms with Crippen molar-refractivity contribution in [2.24, 2.45) is 10.2 Å². The van der Waals surface area contributed by atoms with Crippen LogP contribution < -0.4 is 20.7 Å². The van der Waals surface area contributed by atoms with Crippen LogP contribution in [0.5, 0.6) is 0 Å². The quantitative estimate of drug-likeness (QED) is 0.630. The lowest BCUT2D eigenvalue weighted by Gasteiger charge is -2.15. The van der Waals surface area contributed by atoms with E-state index in [1.807, 2.05) is 28.2 Å². The molecule has 1 saturated carbocycles. The SMILES string of the molecule is CN(C)c1ccc(NN=C2CCCC(=NNc3ccc(N(C)C)cc3)CCC2)cc1. The van der Waals surface area contributed by atoms with Crippen molar-refractivity contribution in [2.45, 2.75) is 38.5 Å². The maximum absolute atomic E-state index is 4.66. The minimum atomic E-state index is 1.01. The fraction of sp³-hybridized carbons (Fsp3) is 0.417. The van der Waals surface area contributed by atoms with Gasteiger partial charge in [0, 0.05) is 51.0 Å². The van der Waals surface area contributed by atoms with E-state index in [0.29, 0.717) is 0 Å². The molecule has 2 aromatic rings. The van der Waals surface area contributed by atoms with Crippen LogP contribution in [0.3, 0.4) is 0 Å². The normalized spacial score (nSPS) is 14.4. The minimum Gasteiger partial charge on any atom is -0.378 e. The van der Waals surface area contributed by atoms with Gasteiger partial charge in [0.2, 0.25) is 0 Å². The van der Waals surface area contributed by atoms with E-state index in [4.69, 9.17) is 0 Å². The van der Waals surface area contributed by atoms with E-state index in [9.17, 15) is 0 Å². The number of anilines is 4. The van der Waals surface area contributed by atoms with Gasteiger partial charge in [-0.15, -0.1) is 0 Å². The summed E-state index contributed by atoms with van der Waals surface area (Å²) in [5.41, 5.74) is 13.4. The molecule has 30 heavy (non-hydrogen) atoms. The van der Waals surface area contributed by atoms with Gasteiger partial charge in [-0.05, 0) is 87.1 Å². The molecule has 0 radical (unpaired) electrons. The first-order chi connectivity index (χ1) is 14.5. The number of hydrazone groups is 2. The Morgan fingerprint density at radius 3 is 1.20 bits per heavy atom. The molecule has 0 atom stereocenters. The zero-order valence-electron chi connectivity index (χ0n) is 18.7. The van der Waals surface area contributed by atoms with Gasteiger partial charge in [0.1, 0.15) is 0 Å². The highest BCUT2D eigenvalue weighted by Gasteiger charge is 2.10. The molecule has 3 rings (SSSR count). The number of rotatable bonds is 6. The van der Waals surface area contributed by atoms with Crippen molar-refractivity contribution in [3.05, 3.63) is 48.5 Å². The summed E-state index contributed by atoms with van der Waals surface area (Å²) in [5, 5.41) is 9.33. The smallest absolute Gasteiger partial charge is 0.0563 e. The summed E-state index contributed by atoms with van der Waals surface area (Å²) in [6.45, 7) is 0. The second kappa shape index (κ2) is 10.7. The van der Waals surface area contributed by atoms with Gasteiger partial charge in [0.15, 0.2) is 0 Å². The van der Waals surface area contributed by atoms with Gasteiger partial charge < -0.3 is 9.80 Å². The van der Waals surface area contributed by atoms with E-state index in [2.05, 4.69) is 79.4 Å². The average Bonchev–Trinajstić information content (AvgIpc) is 2.73. The average molecular weight is 407 g/mol. The van der Waals surface area contributed by atoms with E-state index >= 15 is 0 Å². The van der Waals surface area contributed by atoms with Crippen LogP contribution in [0.2, 0.25) is 0 Å². The zero-order chi connectivity index (χ0) is 21.3. The Labute approximate surface area is 180 Å². The van der Waals surface area contributed by atoms with Crippen molar-refractivity contribution >= 4 is 34.2 Å². The van der Waals surface area contributed by atoms with E-state index < -0.39 is 0 Å². The van der Waals surface area contributed by atoms with Gasteiger partial charge in [-0.1, -0.05) is 0 Å². The van der Waals surface area contributed by atoms with Gasteiger partial charge in [0.25, 0.3) is 0 Å². The Balaban J connectivity index is 1.48. The van der Waals surface area contributed by atoms with Crippen molar-refractivity contribution in [1.82, 2.24) is 0 Å². The first-order valence-corrected chi connectivity index (χ1v) is 10.7. The second-order valence-electron chi connectivity index (χ2n) is 8.17. The van der Waals surface area contributed by atoms with Crippen LogP contribution in [0.1, 0.15) is 38.5 Å². The second-order valence-corrected chi connectivity index (χ2v) is 8.17. The highest BCUT2D eigenvalue weighted by atomic mass is 15.3. The van der Waals surface area contributed by atoms with E-state index in [0.717, 1.165) is 49.9 Å². The van der Waals surface area contributed by atoms with Crippen LogP contribution in [0.4, 0.5) is 22.7 Å². The fourth-order valence-electron chi connectivity index (χ4n) is 3.42. The summed E-state index contributed by atoms with van der Waals surface area (Å²) in [4.78, 5) is 4.19. The first-order valence-electron chi connectivity index (χ1n) is 10.7. The summed E-state index contributed by atoms with van der Waals surface area (Å²) in [6.07, 6.45) is 6.22. The molecule has 2 aromatic carbocycles. The lowest BCUT2D eigenvalue weighted by Crippen LogP contribution is -2.11. The molecule has 0 spiro atoms. The van der Waals surface area contributed by atoms with Crippen molar-refractivity contribution in [2.75, 3.05) is 48.8 Å². The molecule has 160 valence electrons. The molecule has 2 N–H and O–H groups in total. The third-order valence-corrected chi connectivity index (χ3v) is 5.32. The molecule has 6 heteroatoms. The molecule has 0 aromatic heterocycles. The molecule has 0 saturated heterocycles. The first kappa shape index (κ1) is 21.7. The van der Waals surface area contributed by atoms with Crippen molar-refractivity contribution < 1.29 is 0 Å². The number of nitrogens with zero attached hydrogens (tertiary/aromatic N) is 4. The van der Waals surface area contributed by atoms with E-state index in [1.165, 1.54) is 22.8 Å². The van der Waals surface area contributed by atoms with Gasteiger partial charge >= 0.3 is 0 Å². The molecule has 0 amide bonds. The van der Waals surface area contributed by atoms with Gasteiger partial charge in [0.05, 0.1) is 11.4 Å². The third-order valence-electron chi connectivity index (χ3n) is 5.32. The fourth-order valence-corrected chi connectivity index (χ4v) is 3.42. The number of hydrogen-bond acceptors (Lipinski definition) is 6. The van der Waals surface area contributed by atoms with Crippen LogP contribution >= 0.6 is 0 Å². The third kappa shape index (κ3) is 6.51. The van der Waals surface area contributed by atoms with Crippen LogP contribution in [-0.2, 0) is 0 Å². The minimum absolute atomic E-state index is 1.01. The predicted molar refractivity (Wildman–Crippen MR) is 131 cm³/mol. The lowest BCUT2D eigenvalue weighted by atomic mass is 9.98. The Bertz CT molecular complexity index is 765. The molecule has 0 unspecified atom stereocenters. The van der Waals surface area contributed by atoms with Crippen molar-refractivity contribution in [3.8, 4) is 0 Å².